The molecule has 74 valence electrons. The largest absolute Gasteiger partial charge is 0.478 e. The van der Waals surface area contributed by atoms with Gasteiger partial charge in [-0.25, -0.2) is 9.78 Å². The molecular weight excluding hydrogens is 204 g/mol. The molecule has 14 heavy (non-hydrogen) atoms. The maximum absolute atomic E-state index is 10.9. The molecule has 0 unspecified atom stereocenters. The summed E-state index contributed by atoms with van der Waals surface area (Å²) in [5.74, 6) is -0.960. The van der Waals surface area contributed by atoms with Gasteiger partial charge in [0.2, 0.25) is 0 Å². The van der Waals surface area contributed by atoms with Gasteiger partial charge in [0.15, 0.2) is 0 Å². The lowest BCUT2D eigenvalue weighted by molar-refractivity contribution is 0.0694. The third kappa shape index (κ3) is 1.58. The smallest absolute Gasteiger partial charge is 0.336 e. The van der Waals surface area contributed by atoms with Gasteiger partial charge >= 0.3 is 5.97 Å². The molecule has 1 aliphatic heterocycles. The first kappa shape index (κ1) is 9.43. The number of hydrogen-bond donors (Lipinski definition) is 2. The maximum Gasteiger partial charge on any atom is 0.336 e. The van der Waals surface area contributed by atoms with Crippen molar-refractivity contribution in [2.75, 3.05) is 6.54 Å². The van der Waals surface area contributed by atoms with Crippen LogP contribution in [0, 0.1) is 0 Å². The molecule has 1 aliphatic rings. The molecule has 1 aromatic rings. The SMILES string of the molecule is O=C(O)c1cc(Cl)ncc1[C@@H]1CCN1. The lowest BCUT2D eigenvalue weighted by atomic mass is 9.95. The molecule has 0 amide bonds. The van der Waals surface area contributed by atoms with E-state index in [1.54, 1.807) is 0 Å². The standard InChI is InChI=1S/C9H9ClN2O2/c10-8-3-5(9(13)14)6(4-12-8)7-1-2-11-7/h3-4,7,11H,1-2H2,(H,13,14)/t7-/m0/s1. The number of aromatic nitrogens is 1. The Morgan fingerprint density at radius 2 is 2.43 bits per heavy atom. The number of carboxylic acids is 1. The van der Waals surface area contributed by atoms with E-state index < -0.39 is 5.97 Å². The highest BCUT2D eigenvalue weighted by Crippen LogP contribution is 2.26. The molecule has 0 aliphatic carbocycles. The molecule has 2 rings (SSSR count). The van der Waals surface area contributed by atoms with E-state index in [1.807, 2.05) is 0 Å². The van der Waals surface area contributed by atoms with Gasteiger partial charge in [0.05, 0.1) is 5.56 Å². The minimum Gasteiger partial charge on any atom is -0.478 e. The van der Waals surface area contributed by atoms with Crippen LogP contribution in [0.5, 0.6) is 0 Å². The zero-order chi connectivity index (χ0) is 10.1. The Balaban J connectivity index is 2.41. The Morgan fingerprint density at radius 1 is 1.71 bits per heavy atom. The van der Waals surface area contributed by atoms with E-state index in [4.69, 9.17) is 16.7 Å². The molecule has 0 aromatic carbocycles. The van der Waals surface area contributed by atoms with Gasteiger partial charge in [0.1, 0.15) is 5.15 Å². The highest BCUT2D eigenvalue weighted by molar-refractivity contribution is 6.29. The molecule has 2 heterocycles. The van der Waals surface area contributed by atoms with Gasteiger partial charge in [0, 0.05) is 17.8 Å². The number of hydrogen-bond acceptors (Lipinski definition) is 3. The third-order valence-corrected chi connectivity index (χ3v) is 2.54. The summed E-state index contributed by atoms with van der Waals surface area (Å²) >= 11 is 5.63. The van der Waals surface area contributed by atoms with Gasteiger partial charge < -0.3 is 10.4 Å². The molecule has 4 nitrogen and oxygen atoms in total. The lowest BCUT2D eigenvalue weighted by Gasteiger charge is -2.28. The van der Waals surface area contributed by atoms with Crippen LogP contribution in [0.25, 0.3) is 0 Å². The van der Waals surface area contributed by atoms with Crippen LogP contribution in [-0.4, -0.2) is 22.6 Å². The van der Waals surface area contributed by atoms with E-state index in [0.29, 0.717) is 5.56 Å². The molecule has 0 radical (unpaired) electrons. The van der Waals surface area contributed by atoms with Crippen LogP contribution in [0.2, 0.25) is 5.15 Å². The van der Waals surface area contributed by atoms with Gasteiger partial charge in [-0.1, -0.05) is 11.6 Å². The molecule has 1 atom stereocenters. The third-order valence-electron chi connectivity index (χ3n) is 2.33. The summed E-state index contributed by atoms with van der Waals surface area (Å²) in [7, 11) is 0. The quantitative estimate of drug-likeness (QED) is 0.729. The van der Waals surface area contributed by atoms with Crippen LogP contribution in [0.3, 0.4) is 0 Å². The van der Waals surface area contributed by atoms with Crippen LogP contribution in [-0.2, 0) is 0 Å². The van der Waals surface area contributed by atoms with Crippen LogP contribution in [0.4, 0.5) is 0 Å². The number of aromatic carboxylic acids is 1. The van der Waals surface area contributed by atoms with Crippen molar-refractivity contribution in [3.63, 3.8) is 0 Å². The van der Waals surface area contributed by atoms with E-state index in [1.165, 1.54) is 12.3 Å². The molecule has 2 N–H and O–H groups in total. The molecule has 1 saturated heterocycles. The van der Waals surface area contributed by atoms with Crippen molar-refractivity contribution in [3.05, 3.63) is 28.5 Å². The van der Waals surface area contributed by atoms with Crippen molar-refractivity contribution in [2.24, 2.45) is 0 Å². The summed E-state index contributed by atoms with van der Waals surface area (Å²) in [5.41, 5.74) is 0.954. The van der Waals surface area contributed by atoms with E-state index in [9.17, 15) is 4.79 Å². The van der Waals surface area contributed by atoms with Crippen molar-refractivity contribution in [1.82, 2.24) is 10.3 Å². The first-order valence-corrected chi connectivity index (χ1v) is 4.68. The fourth-order valence-corrected chi connectivity index (χ4v) is 1.62. The average molecular weight is 213 g/mol. The average Bonchev–Trinajstić information content (AvgIpc) is 2.04. The van der Waals surface area contributed by atoms with Crippen LogP contribution in [0.15, 0.2) is 12.3 Å². The summed E-state index contributed by atoms with van der Waals surface area (Å²) in [4.78, 5) is 14.8. The van der Waals surface area contributed by atoms with Gasteiger partial charge in [-0.2, -0.15) is 0 Å². The molecule has 5 heteroatoms. The molecule has 0 spiro atoms. The van der Waals surface area contributed by atoms with Gasteiger partial charge in [0.25, 0.3) is 0 Å². The summed E-state index contributed by atoms with van der Waals surface area (Å²) in [6.45, 7) is 0.923. The van der Waals surface area contributed by atoms with Crippen molar-refractivity contribution in [2.45, 2.75) is 12.5 Å². The molecular formula is C9H9ClN2O2. The first-order valence-electron chi connectivity index (χ1n) is 4.30. The van der Waals surface area contributed by atoms with Gasteiger partial charge in [-0.15, -0.1) is 0 Å². The number of nitrogens with zero attached hydrogens (tertiary/aromatic N) is 1. The highest BCUT2D eigenvalue weighted by atomic mass is 35.5. The van der Waals surface area contributed by atoms with E-state index in [0.717, 1.165) is 13.0 Å². The summed E-state index contributed by atoms with van der Waals surface area (Å²) in [6.07, 6.45) is 2.48. The topological polar surface area (TPSA) is 62.2 Å². The number of rotatable bonds is 2. The van der Waals surface area contributed by atoms with E-state index in [-0.39, 0.29) is 16.8 Å². The number of nitrogens with one attached hydrogen (secondary N) is 1. The van der Waals surface area contributed by atoms with Crippen molar-refractivity contribution < 1.29 is 9.90 Å². The van der Waals surface area contributed by atoms with Crippen molar-refractivity contribution in [1.29, 1.82) is 0 Å². The normalized spacial score (nSPS) is 20.2. The fraction of sp³-hybridized carbons (Fsp3) is 0.333. The monoisotopic (exact) mass is 212 g/mol. The van der Waals surface area contributed by atoms with Gasteiger partial charge in [-0.3, -0.25) is 0 Å². The Morgan fingerprint density at radius 3 is 2.93 bits per heavy atom. The second-order valence-corrected chi connectivity index (χ2v) is 3.58. The number of carboxylic acid groups (broad SMARTS) is 1. The van der Waals surface area contributed by atoms with E-state index in [2.05, 4.69) is 10.3 Å². The Bertz CT molecular complexity index is 377. The van der Waals surface area contributed by atoms with Crippen LogP contribution >= 0.6 is 11.6 Å². The predicted molar refractivity (Wildman–Crippen MR) is 51.6 cm³/mol. The van der Waals surface area contributed by atoms with Gasteiger partial charge in [-0.05, 0) is 19.0 Å². The maximum atomic E-state index is 10.9. The zero-order valence-electron chi connectivity index (χ0n) is 7.33. The molecule has 1 fully saturated rings. The second kappa shape index (κ2) is 3.55. The highest BCUT2D eigenvalue weighted by Gasteiger charge is 2.24. The Hall–Kier alpha value is -1.13. The van der Waals surface area contributed by atoms with E-state index >= 15 is 0 Å². The number of carbonyl (C=O) groups is 1. The lowest BCUT2D eigenvalue weighted by Crippen LogP contribution is -2.36. The number of pyridine rings is 1. The Labute approximate surface area is 85.9 Å². The van der Waals surface area contributed by atoms with Crippen LogP contribution in [0.1, 0.15) is 28.4 Å². The zero-order valence-corrected chi connectivity index (χ0v) is 8.08. The second-order valence-electron chi connectivity index (χ2n) is 3.19. The minimum absolute atomic E-state index is 0.117. The number of halogens is 1. The van der Waals surface area contributed by atoms with Crippen LogP contribution < -0.4 is 5.32 Å². The fourth-order valence-electron chi connectivity index (χ4n) is 1.46. The first-order chi connectivity index (χ1) is 6.68. The summed E-state index contributed by atoms with van der Waals surface area (Å²) in [5, 5.41) is 12.3. The predicted octanol–water partition coefficient (Wildman–Crippen LogP) is 1.47. The minimum atomic E-state index is -0.960. The molecule has 0 saturated carbocycles. The van der Waals surface area contributed by atoms with Crippen molar-refractivity contribution >= 4 is 17.6 Å². The summed E-state index contributed by atoms with van der Waals surface area (Å²) < 4.78 is 0. The Kier molecular flexibility index (Phi) is 2.39. The summed E-state index contributed by atoms with van der Waals surface area (Å²) in [6, 6.07) is 1.50. The van der Waals surface area contributed by atoms with Crippen molar-refractivity contribution in [3.8, 4) is 0 Å². The molecule has 0 bridgehead atoms. The molecule has 1 aromatic heterocycles.